The molecule has 1 fully saturated rings. The topological polar surface area (TPSA) is 91.3 Å². The van der Waals surface area contributed by atoms with E-state index in [2.05, 4.69) is 4.99 Å². The van der Waals surface area contributed by atoms with Gasteiger partial charge in [0.25, 0.3) is 0 Å². The predicted molar refractivity (Wildman–Crippen MR) is 53.8 cm³/mol. The van der Waals surface area contributed by atoms with Crippen LogP contribution in [0.5, 0.6) is 0 Å². The first-order valence-electron chi connectivity index (χ1n) is 4.89. The Morgan fingerprint density at radius 1 is 1.67 bits per heavy atom. The van der Waals surface area contributed by atoms with E-state index in [0.717, 1.165) is 0 Å². The van der Waals surface area contributed by atoms with E-state index in [1.54, 1.807) is 12.3 Å². The quantitative estimate of drug-likeness (QED) is 0.524. The monoisotopic (exact) mass is 213 g/mol. The van der Waals surface area contributed by atoms with Crippen LogP contribution in [-0.4, -0.2) is 52.7 Å². The van der Waals surface area contributed by atoms with E-state index in [9.17, 15) is 5.11 Å². The third-order valence-electron chi connectivity index (χ3n) is 2.61. The number of aliphatic hydroxyl groups excluding tert-OH is 2. The van der Waals surface area contributed by atoms with Gasteiger partial charge in [0.05, 0.1) is 12.7 Å². The van der Waals surface area contributed by atoms with Crippen molar-refractivity contribution in [3.05, 3.63) is 12.3 Å². The zero-order chi connectivity index (χ0) is 10.8. The summed E-state index contributed by atoms with van der Waals surface area (Å²) < 4.78 is 5.46. The number of hydrogen-bond acceptors (Lipinski definition) is 6. The third-order valence-corrected chi connectivity index (χ3v) is 2.61. The molecular weight excluding hydrogens is 198 g/mol. The highest BCUT2D eigenvalue weighted by atomic mass is 16.5. The van der Waals surface area contributed by atoms with Crippen molar-refractivity contribution in [1.82, 2.24) is 4.90 Å². The maximum absolute atomic E-state index is 9.55. The molecule has 6 heteroatoms. The SMILES string of the molecule is NC1=NCN([C@H]2C[C@H](O)[C@@H](CO)O2)C=C1. The molecule has 0 aromatic carbocycles. The van der Waals surface area contributed by atoms with Gasteiger partial charge in [0.15, 0.2) is 0 Å². The lowest BCUT2D eigenvalue weighted by atomic mass is 10.2. The number of aliphatic hydroxyl groups is 2. The Kier molecular flexibility index (Phi) is 2.90. The molecule has 2 heterocycles. The molecule has 2 aliphatic heterocycles. The van der Waals surface area contributed by atoms with Crippen LogP contribution < -0.4 is 5.73 Å². The van der Waals surface area contributed by atoms with Gasteiger partial charge in [-0.15, -0.1) is 0 Å². The summed E-state index contributed by atoms with van der Waals surface area (Å²) in [5, 5.41) is 18.5. The lowest BCUT2D eigenvalue weighted by Crippen LogP contribution is -2.34. The van der Waals surface area contributed by atoms with Gasteiger partial charge in [-0.2, -0.15) is 0 Å². The number of hydrogen-bond donors (Lipinski definition) is 3. The Morgan fingerprint density at radius 3 is 3.00 bits per heavy atom. The number of rotatable bonds is 2. The van der Waals surface area contributed by atoms with Crippen molar-refractivity contribution in [2.75, 3.05) is 13.3 Å². The Labute approximate surface area is 87.7 Å². The van der Waals surface area contributed by atoms with Crippen LogP contribution in [0.25, 0.3) is 0 Å². The lowest BCUT2D eigenvalue weighted by molar-refractivity contribution is -0.0637. The van der Waals surface area contributed by atoms with Gasteiger partial charge in [-0.25, -0.2) is 4.99 Å². The van der Waals surface area contributed by atoms with Gasteiger partial charge in [0.1, 0.15) is 24.8 Å². The van der Waals surface area contributed by atoms with Crippen molar-refractivity contribution in [2.24, 2.45) is 10.7 Å². The second-order valence-corrected chi connectivity index (χ2v) is 3.67. The molecule has 3 atom stereocenters. The first kappa shape index (κ1) is 10.4. The summed E-state index contributed by atoms with van der Waals surface area (Å²) in [4.78, 5) is 5.88. The van der Waals surface area contributed by atoms with Crippen molar-refractivity contribution in [2.45, 2.75) is 24.9 Å². The maximum Gasteiger partial charge on any atom is 0.134 e. The first-order valence-corrected chi connectivity index (χ1v) is 4.89. The smallest absolute Gasteiger partial charge is 0.134 e. The van der Waals surface area contributed by atoms with Gasteiger partial charge in [-0.1, -0.05) is 0 Å². The molecule has 2 aliphatic rings. The molecule has 1 saturated heterocycles. The van der Waals surface area contributed by atoms with Crippen LogP contribution in [-0.2, 0) is 4.74 Å². The second-order valence-electron chi connectivity index (χ2n) is 3.67. The van der Waals surface area contributed by atoms with Crippen molar-refractivity contribution >= 4 is 5.84 Å². The molecule has 0 spiro atoms. The average Bonchev–Trinajstić information content (AvgIpc) is 2.61. The van der Waals surface area contributed by atoms with Crippen LogP contribution in [0.2, 0.25) is 0 Å². The van der Waals surface area contributed by atoms with Gasteiger partial charge in [0, 0.05) is 12.6 Å². The summed E-state index contributed by atoms with van der Waals surface area (Å²) in [5.41, 5.74) is 5.48. The predicted octanol–water partition coefficient (Wildman–Crippen LogP) is -1.40. The molecule has 2 rings (SSSR count). The zero-order valence-electron chi connectivity index (χ0n) is 8.28. The molecule has 0 aromatic rings. The minimum Gasteiger partial charge on any atom is -0.394 e. The summed E-state index contributed by atoms with van der Waals surface area (Å²) in [5.74, 6) is 0.489. The standard InChI is InChI=1S/C9H15N3O3/c10-8-1-2-12(5-11-8)9-3-6(14)7(4-13)15-9/h1-2,6-7,9,13-14H,3-5H2,(H2,10,11)/t6-,7+,9+/m0/s1. The first-order chi connectivity index (χ1) is 7.20. The highest BCUT2D eigenvalue weighted by Crippen LogP contribution is 2.23. The minimum absolute atomic E-state index is 0.166. The highest BCUT2D eigenvalue weighted by Gasteiger charge is 2.36. The van der Waals surface area contributed by atoms with E-state index in [0.29, 0.717) is 18.9 Å². The van der Waals surface area contributed by atoms with Gasteiger partial charge in [0.2, 0.25) is 0 Å². The van der Waals surface area contributed by atoms with Crippen LogP contribution >= 0.6 is 0 Å². The Bertz CT molecular complexity index is 292. The number of amidine groups is 1. The zero-order valence-corrected chi connectivity index (χ0v) is 8.28. The molecular formula is C9H15N3O3. The molecule has 0 aliphatic carbocycles. The van der Waals surface area contributed by atoms with E-state index in [4.69, 9.17) is 15.6 Å². The fraction of sp³-hybridized carbons (Fsp3) is 0.667. The van der Waals surface area contributed by atoms with Gasteiger partial charge >= 0.3 is 0 Å². The molecule has 0 saturated carbocycles. The van der Waals surface area contributed by atoms with Crippen molar-refractivity contribution < 1.29 is 14.9 Å². The summed E-state index contributed by atoms with van der Waals surface area (Å²) in [6, 6.07) is 0. The molecule has 84 valence electrons. The number of nitrogens with two attached hydrogens (primary N) is 1. The van der Waals surface area contributed by atoms with E-state index < -0.39 is 12.2 Å². The third kappa shape index (κ3) is 2.11. The number of nitrogens with zero attached hydrogens (tertiary/aromatic N) is 2. The van der Waals surface area contributed by atoms with Crippen LogP contribution in [0.4, 0.5) is 0 Å². The summed E-state index contributed by atoms with van der Waals surface area (Å²) in [6.07, 6.45) is 2.62. The van der Waals surface area contributed by atoms with Gasteiger partial charge in [-0.05, 0) is 6.08 Å². The normalized spacial score (nSPS) is 35.7. The molecule has 0 bridgehead atoms. The van der Waals surface area contributed by atoms with Crippen LogP contribution in [0, 0.1) is 0 Å². The fourth-order valence-electron chi connectivity index (χ4n) is 1.71. The van der Waals surface area contributed by atoms with E-state index in [1.165, 1.54) is 0 Å². The highest BCUT2D eigenvalue weighted by molar-refractivity contribution is 5.91. The Hall–Kier alpha value is -1.11. The molecule has 0 unspecified atom stereocenters. The maximum atomic E-state index is 9.55. The minimum atomic E-state index is -0.614. The van der Waals surface area contributed by atoms with Crippen LogP contribution in [0.1, 0.15) is 6.42 Å². The summed E-state index contributed by atoms with van der Waals surface area (Å²) >= 11 is 0. The van der Waals surface area contributed by atoms with E-state index in [1.807, 2.05) is 4.90 Å². The Balaban J connectivity index is 1.94. The molecule has 0 aromatic heterocycles. The van der Waals surface area contributed by atoms with Gasteiger partial charge in [-0.3, -0.25) is 0 Å². The lowest BCUT2D eigenvalue weighted by Gasteiger charge is -2.27. The summed E-state index contributed by atoms with van der Waals surface area (Å²) in [7, 11) is 0. The van der Waals surface area contributed by atoms with Crippen molar-refractivity contribution in [3.8, 4) is 0 Å². The second kappa shape index (κ2) is 4.18. The fourth-order valence-corrected chi connectivity index (χ4v) is 1.71. The van der Waals surface area contributed by atoms with Crippen LogP contribution in [0.15, 0.2) is 17.3 Å². The number of ether oxygens (including phenoxy) is 1. The van der Waals surface area contributed by atoms with Gasteiger partial charge < -0.3 is 25.6 Å². The van der Waals surface area contributed by atoms with E-state index in [-0.39, 0.29) is 12.8 Å². The van der Waals surface area contributed by atoms with E-state index >= 15 is 0 Å². The van der Waals surface area contributed by atoms with Crippen molar-refractivity contribution in [1.29, 1.82) is 0 Å². The molecule has 6 nitrogen and oxygen atoms in total. The van der Waals surface area contributed by atoms with Crippen molar-refractivity contribution in [3.63, 3.8) is 0 Å². The molecule has 15 heavy (non-hydrogen) atoms. The largest absolute Gasteiger partial charge is 0.394 e. The average molecular weight is 213 g/mol. The van der Waals surface area contributed by atoms with Crippen LogP contribution in [0.3, 0.4) is 0 Å². The molecule has 0 radical (unpaired) electrons. The Morgan fingerprint density at radius 2 is 2.47 bits per heavy atom. The number of aliphatic imine (C=N–C) groups is 1. The molecule has 4 N–H and O–H groups in total. The molecule has 0 amide bonds. The summed E-state index contributed by atoms with van der Waals surface area (Å²) in [6.45, 7) is 0.262.